The van der Waals surface area contributed by atoms with Crippen LogP contribution in [0.1, 0.15) is 11.5 Å². The molecule has 0 amide bonds. The van der Waals surface area contributed by atoms with Gasteiger partial charge in [-0.1, -0.05) is 133 Å². The lowest BCUT2D eigenvalue weighted by Gasteiger charge is -2.18. The highest BCUT2D eigenvalue weighted by molar-refractivity contribution is 6.22. The topological polar surface area (TPSA) is 44.9 Å². The van der Waals surface area contributed by atoms with E-state index in [0.29, 0.717) is 0 Å². The number of rotatable bonds is 3. The van der Waals surface area contributed by atoms with Crippen molar-refractivity contribution in [2.75, 3.05) is 0 Å². The van der Waals surface area contributed by atoms with Gasteiger partial charge >= 0.3 is 0 Å². The third kappa shape index (κ3) is 4.28. The third-order valence-corrected chi connectivity index (χ3v) is 12.2. The fraction of sp³-hybridized carbons (Fsp3) is 0.0385. The van der Waals surface area contributed by atoms with Gasteiger partial charge in [-0.2, -0.15) is 0 Å². The molecule has 1 aliphatic carbocycles. The van der Waals surface area contributed by atoms with Gasteiger partial charge in [0.25, 0.3) is 0 Å². The van der Waals surface area contributed by atoms with Crippen LogP contribution in [-0.2, 0) is 0 Å². The molecule has 57 heavy (non-hydrogen) atoms. The summed E-state index contributed by atoms with van der Waals surface area (Å²) in [7, 11) is 0. The summed E-state index contributed by atoms with van der Waals surface area (Å²) in [5.41, 5.74) is 10.3. The standard InChI is InChI=1S/C52H32N4O/c1-3-14-34-31(12-1)25-29-44-48(34)38-28-26-33(55-43-21-9-5-16-36(43)37-27-24-32-13-2-4-15-35(32)51(37)55)30-45(38)56(44)52-50(53-41-19-7-8-20-42(41)54-52)40-18-11-23-47-49(40)39-17-6-10-22-46(39)57-47/h1-30,39,46H. The van der Waals surface area contributed by atoms with Crippen LogP contribution >= 0.6 is 0 Å². The highest BCUT2D eigenvalue weighted by atomic mass is 16.5. The number of nitrogens with zero attached hydrogens (tertiary/aromatic N) is 4. The molecule has 0 fully saturated rings. The van der Waals surface area contributed by atoms with Gasteiger partial charge in [0, 0.05) is 49.7 Å². The smallest absolute Gasteiger partial charge is 0.165 e. The van der Waals surface area contributed by atoms with E-state index < -0.39 is 0 Å². The van der Waals surface area contributed by atoms with Gasteiger partial charge in [-0.25, -0.2) is 9.97 Å². The van der Waals surface area contributed by atoms with Crippen LogP contribution in [0.3, 0.4) is 0 Å². The molecule has 0 radical (unpaired) electrons. The zero-order chi connectivity index (χ0) is 37.2. The van der Waals surface area contributed by atoms with E-state index in [1.807, 2.05) is 12.1 Å². The molecule has 266 valence electrons. The number of aromatic nitrogens is 4. The summed E-state index contributed by atoms with van der Waals surface area (Å²) in [6, 6.07) is 56.7. The molecule has 0 N–H and O–H groups in total. The fourth-order valence-corrected chi connectivity index (χ4v) is 9.77. The van der Waals surface area contributed by atoms with Crippen molar-refractivity contribution >= 4 is 76.2 Å². The summed E-state index contributed by atoms with van der Waals surface area (Å²) < 4.78 is 11.4. The molecular weight excluding hydrogens is 697 g/mol. The van der Waals surface area contributed by atoms with Crippen LogP contribution in [0, 0.1) is 0 Å². The van der Waals surface area contributed by atoms with Crippen molar-refractivity contribution in [1.82, 2.24) is 19.1 Å². The van der Waals surface area contributed by atoms with Gasteiger partial charge in [0.1, 0.15) is 17.5 Å². The Labute approximate surface area is 327 Å². The minimum atomic E-state index is -0.0486. The molecule has 5 heteroatoms. The van der Waals surface area contributed by atoms with Crippen LogP contribution in [0.15, 0.2) is 182 Å². The Morgan fingerprint density at radius 2 is 1.21 bits per heavy atom. The summed E-state index contributed by atoms with van der Waals surface area (Å²) in [5, 5.41) is 9.70. The Hall–Kier alpha value is -7.50. The maximum Gasteiger partial charge on any atom is 0.165 e. The Kier molecular flexibility index (Phi) is 6.22. The molecule has 2 unspecified atom stereocenters. The lowest BCUT2D eigenvalue weighted by atomic mass is 9.87. The van der Waals surface area contributed by atoms with Gasteiger partial charge in [-0.05, 0) is 64.7 Å². The normalized spacial score (nSPS) is 16.1. The number of hydrogen-bond acceptors (Lipinski definition) is 3. The molecule has 5 nitrogen and oxygen atoms in total. The van der Waals surface area contributed by atoms with Crippen molar-refractivity contribution in [3.05, 3.63) is 188 Å². The summed E-state index contributed by atoms with van der Waals surface area (Å²) in [4.78, 5) is 11.1. The summed E-state index contributed by atoms with van der Waals surface area (Å²) in [5.74, 6) is 1.77. The van der Waals surface area contributed by atoms with Crippen LogP contribution in [0.5, 0.6) is 5.75 Å². The first-order chi connectivity index (χ1) is 28.3. The van der Waals surface area contributed by atoms with E-state index in [1.165, 1.54) is 54.1 Å². The predicted octanol–water partition coefficient (Wildman–Crippen LogP) is 12.8. The highest BCUT2D eigenvalue weighted by Gasteiger charge is 2.36. The van der Waals surface area contributed by atoms with Crippen LogP contribution in [0.4, 0.5) is 0 Å². The Morgan fingerprint density at radius 1 is 0.491 bits per heavy atom. The van der Waals surface area contributed by atoms with Crippen molar-refractivity contribution in [1.29, 1.82) is 0 Å². The predicted molar refractivity (Wildman–Crippen MR) is 234 cm³/mol. The van der Waals surface area contributed by atoms with Gasteiger partial charge in [-0.15, -0.1) is 0 Å². The van der Waals surface area contributed by atoms with Gasteiger partial charge in [0.05, 0.1) is 33.1 Å². The molecule has 0 bridgehead atoms. The van der Waals surface area contributed by atoms with Crippen molar-refractivity contribution in [2.24, 2.45) is 0 Å². The molecule has 1 aliphatic heterocycles. The van der Waals surface area contributed by atoms with E-state index in [4.69, 9.17) is 14.7 Å². The lowest BCUT2D eigenvalue weighted by molar-refractivity contribution is 0.269. The molecule has 2 aliphatic rings. The second kappa shape index (κ2) is 11.5. The monoisotopic (exact) mass is 728 g/mol. The van der Waals surface area contributed by atoms with E-state index in [9.17, 15) is 0 Å². The van der Waals surface area contributed by atoms with Crippen LogP contribution in [-0.4, -0.2) is 25.2 Å². The minimum absolute atomic E-state index is 0.0486. The second-order valence-electron chi connectivity index (χ2n) is 15.2. The SMILES string of the molecule is C1=CC2Oc3cccc(-c4nc5ccccc5nc4-n4c5cc(-n6c7ccccc7c7ccc8ccccc8c76)ccc5c5c6ccccc6ccc54)c3C2C=C1. The maximum absolute atomic E-state index is 6.54. The fourth-order valence-electron chi connectivity index (χ4n) is 9.77. The lowest BCUT2D eigenvalue weighted by Crippen LogP contribution is -2.16. The summed E-state index contributed by atoms with van der Waals surface area (Å²) in [6.07, 6.45) is 8.56. The van der Waals surface area contributed by atoms with E-state index in [2.05, 4.69) is 179 Å². The van der Waals surface area contributed by atoms with Crippen LogP contribution in [0.2, 0.25) is 0 Å². The molecule has 0 saturated carbocycles. The molecule has 3 aromatic heterocycles. The highest BCUT2D eigenvalue weighted by Crippen LogP contribution is 2.48. The Bertz CT molecular complexity index is 3590. The molecule has 13 rings (SSSR count). The first-order valence-electron chi connectivity index (χ1n) is 19.6. The van der Waals surface area contributed by atoms with Crippen molar-refractivity contribution in [2.45, 2.75) is 12.0 Å². The molecular formula is C52H32N4O. The Morgan fingerprint density at radius 3 is 2.11 bits per heavy atom. The zero-order valence-corrected chi connectivity index (χ0v) is 30.7. The van der Waals surface area contributed by atoms with Crippen molar-refractivity contribution in [3.8, 4) is 28.5 Å². The maximum atomic E-state index is 6.54. The van der Waals surface area contributed by atoms with Crippen molar-refractivity contribution in [3.63, 3.8) is 0 Å². The van der Waals surface area contributed by atoms with E-state index in [1.54, 1.807) is 0 Å². The number of para-hydroxylation sites is 3. The molecule has 4 heterocycles. The first-order valence-corrected chi connectivity index (χ1v) is 19.6. The van der Waals surface area contributed by atoms with Crippen LogP contribution < -0.4 is 4.74 Å². The number of benzene rings is 8. The van der Waals surface area contributed by atoms with E-state index >= 15 is 0 Å². The van der Waals surface area contributed by atoms with E-state index in [0.717, 1.165) is 56.1 Å². The van der Waals surface area contributed by atoms with Gasteiger partial charge in [0.2, 0.25) is 0 Å². The Balaban J connectivity index is 1.18. The number of fused-ring (bicyclic) bond motifs is 14. The summed E-state index contributed by atoms with van der Waals surface area (Å²) in [6.45, 7) is 0. The molecule has 8 aromatic carbocycles. The van der Waals surface area contributed by atoms with Gasteiger partial charge in [0.15, 0.2) is 5.82 Å². The molecule has 2 atom stereocenters. The van der Waals surface area contributed by atoms with Crippen LogP contribution in [0.25, 0.3) is 99.0 Å². The second-order valence-corrected chi connectivity index (χ2v) is 15.2. The molecule has 11 aromatic rings. The van der Waals surface area contributed by atoms with Gasteiger partial charge < -0.3 is 9.30 Å². The average molecular weight is 729 g/mol. The zero-order valence-electron chi connectivity index (χ0n) is 30.7. The van der Waals surface area contributed by atoms with Gasteiger partial charge in [-0.3, -0.25) is 4.57 Å². The first kappa shape index (κ1) is 30.8. The molecule has 0 saturated heterocycles. The quantitative estimate of drug-likeness (QED) is 0.182. The van der Waals surface area contributed by atoms with E-state index in [-0.39, 0.29) is 12.0 Å². The number of allylic oxidation sites excluding steroid dienone is 2. The molecule has 0 spiro atoms. The minimum Gasteiger partial charge on any atom is -0.485 e. The third-order valence-electron chi connectivity index (χ3n) is 12.2. The number of hydrogen-bond donors (Lipinski definition) is 0. The number of ether oxygens (including phenoxy) is 1. The van der Waals surface area contributed by atoms with Crippen molar-refractivity contribution < 1.29 is 4.74 Å². The average Bonchev–Trinajstić information content (AvgIpc) is 3.94. The summed E-state index contributed by atoms with van der Waals surface area (Å²) >= 11 is 0. The largest absolute Gasteiger partial charge is 0.485 e.